The Balaban J connectivity index is 1.96. The molecular formula is C15H14N4O2. The maximum Gasteiger partial charge on any atom is 0.252 e. The van der Waals surface area contributed by atoms with E-state index in [0.717, 1.165) is 5.56 Å². The lowest BCUT2D eigenvalue weighted by Gasteiger charge is -2.13. The van der Waals surface area contributed by atoms with Crippen molar-refractivity contribution < 1.29 is 4.79 Å². The van der Waals surface area contributed by atoms with Crippen LogP contribution >= 0.6 is 0 Å². The molecule has 6 nitrogen and oxygen atoms in total. The highest BCUT2D eigenvalue weighted by molar-refractivity contribution is 6.06. The first-order valence-electron chi connectivity index (χ1n) is 6.57. The van der Waals surface area contributed by atoms with Crippen molar-refractivity contribution in [3.63, 3.8) is 0 Å². The second kappa shape index (κ2) is 5.24. The molecule has 0 aliphatic rings. The normalized spacial score (nSPS) is 12.2. The molecule has 3 N–H and O–H groups in total. The largest absolute Gasteiger partial charge is 0.345 e. The standard InChI is InChI=1S/C15H14N4O2/c1-9(10-7-16-17-8-10)18-15(21)12-6-14(20)19-13-5-3-2-4-11(12)13/h2-9H,1H3,(H,16,17)(H,18,21)(H,19,20). The van der Waals surface area contributed by atoms with Crippen LogP contribution in [0.15, 0.2) is 47.5 Å². The third-order valence-corrected chi connectivity index (χ3v) is 3.36. The molecule has 0 saturated heterocycles. The van der Waals surface area contributed by atoms with Gasteiger partial charge in [-0.05, 0) is 13.0 Å². The monoisotopic (exact) mass is 282 g/mol. The van der Waals surface area contributed by atoms with Gasteiger partial charge in [0, 0.05) is 28.7 Å². The molecule has 0 fully saturated rings. The number of pyridine rings is 1. The van der Waals surface area contributed by atoms with Gasteiger partial charge in [-0.1, -0.05) is 18.2 Å². The number of carbonyl (C=O) groups is 1. The van der Waals surface area contributed by atoms with E-state index in [1.165, 1.54) is 6.07 Å². The number of amides is 1. The van der Waals surface area contributed by atoms with E-state index in [0.29, 0.717) is 16.5 Å². The lowest BCUT2D eigenvalue weighted by Crippen LogP contribution is -2.27. The molecule has 0 bridgehead atoms. The first-order chi connectivity index (χ1) is 10.1. The van der Waals surface area contributed by atoms with Crippen LogP contribution in [-0.4, -0.2) is 21.1 Å². The first kappa shape index (κ1) is 13.1. The van der Waals surface area contributed by atoms with Gasteiger partial charge in [0.1, 0.15) is 0 Å². The molecular weight excluding hydrogens is 268 g/mol. The molecule has 1 aromatic carbocycles. The van der Waals surface area contributed by atoms with Crippen molar-refractivity contribution in [2.75, 3.05) is 0 Å². The summed E-state index contributed by atoms with van der Waals surface area (Å²) in [5, 5.41) is 10.1. The average molecular weight is 282 g/mol. The van der Waals surface area contributed by atoms with Gasteiger partial charge in [0.2, 0.25) is 5.56 Å². The van der Waals surface area contributed by atoms with Crippen LogP contribution in [0.2, 0.25) is 0 Å². The molecule has 3 aromatic rings. The van der Waals surface area contributed by atoms with Crippen LogP contribution < -0.4 is 10.9 Å². The number of hydrogen-bond donors (Lipinski definition) is 3. The third-order valence-electron chi connectivity index (χ3n) is 3.36. The summed E-state index contributed by atoms with van der Waals surface area (Å²) >= 11 is 0. The fourth-order valence-electron chi connectivity index (χ4n) is 2.25. The average Bonchev–Trinajstić information content (AvgIpc) is 3.00. The number of H-pyrrole nitrogens is 2. The SMILES string of the molecule is CC(NC(=O)c1cc(=O)[nH]c2ccccc12)c1cn[nH]c1. The molecule has 1 atom stereocenters. The number of aromatic nitrogens is 3. The lowest BCUT2D eigenvalue weighted by molar-refractivity contribution is 0.0941. The second-order valence-corrected chi connectivity index (χ2v) is 4.82. The quantitative estimate of drug-likeness (QED) is 0.683. The Bertz CT molecular complexity index is 836. The zero-order valence-electron chi connectivity index (χ0n) is 11.4. The van der Waals surface area contributed by atoms with Crippen LogP contribution in [0.5, 0.6) is 0 Å². The van der Waals surface area contributed by atoms with E-state index in [2.05, 4.69) is 20.5 Å². The molecule has 0 aliphatic heterocycles. The summed E-state index contributed by atoms with van der Waals surface area (Å²) in [5.74, 6) is -0.286. The number of nitrogens with one attached hydrogen (secondary N) is 3. The van der Waals surface area contributed by atoms with E-state index in [1.54, 1.807) is 18.5 Å². The van der Waals surface area contributed by atoms with Crippen molar-refractivity contribution in [1.82, 2.24) is 20.5 Å². The molecule has 21 heavy (non-hydrogen) atoms. The fraction of sp³-hybridized carbons (Fsp3) is 0.133. The molecule has 0 spiro atoms. The maximum absolute atomic E-state index is 12.4. The molecule has 6 heteroatoms. The number of hydrogen-bond acceptors (Lipinski definition) is 3. The molecule has 0 aliphatic carbocycles. The van der Waals surface area contributed by atoms with Gasteiger partial charge in [0.15, 0.2) is 0 Å². The Labute approximate surface area is 120 Å². The third kappa shape index (κ3) is 2.55. The van der Waals surface area contributed by atoms with Crippen LogP contribution in [-0.2, 0) is 0 Å². The summed E-state index contributed by atoms with van der Waals surface area (Å²) in [5.41, 5.74) is 1.59. The van der Waals surface area contributed by atoms with Gasteiger partial charge in [-0.25, -0.2) is 0 Å². The minimum absolute atomic E-state index is 0.200. The summed E-state index contributed by atoms with van der Waals surface area (Å²) in [4.78, 5) is 26.8. The zero-order valence-corrected chi connectivity index (χ0v) is 11.4. The van der Waals surface area contributed by atoms with Crippen LogP contribution in [0.3, 0.4) is 0 Å². The molecule has 106 valence electrons. The molecule has 0 saturated carbocycles. The predicted molar refractivity (Wildman–Crippen MR) is 79.0 cm³/mol. The Kier molecular flexibility index (Phi) is 3.27. The van der Waals surface area contributed by atoms with E-state index in [1.807, 2.05) is 25.1 Å². The van der Waals surface area contributed by atoms with E-state index in [9.17, 15) is 9.59 Å². The van der Waals surface area contributed by atoms with Crippen molar-refractivity contribution in [3.8, 4) is 0 Å². The molecule has 0 radical (unpaired) electrons. The van der Waals surface area contributed by atoms with Crippen LogP contribution in [0, 0.1) is 0 Å². The molecule has 2 heterocycles. The number of para-hydroxylation sites is 1. The van der Waals surface area contributed by atoms with Crippen molar-refractivity contribution in [2.45, 2.75) is 13.0 Å². The molecule has 1 amide bonds. The smallest absolute Gasteiger partial charge is 0.252 e. The minimum Gasteiger partial charge on any atom is -0.345 e. The van der Waals surface area contributed by atoms with Crippen molar-refractivity contribution in [2.24, 2.45) is 0 Å². The van der Waals surface area contributed by atoms with Crippen molar-refractivity contribution in [3.05, 3.63) is 64.2 Å². The molecule has 3 rings (SSSR count). The van der Waals surface area contributed by atoms with E-state index in [4.69, 9.17) is 0 Å². The number of nitrogens with zero attached hydrogens (tertiary/aromatic N) is 1. The van der Waals surface area contributed by atoms with Crippen LogP contribution in [0.25, 0.3) is 10.9 Å². The topological polar surface area (TPSA) is 90.6 Å². The summed E-state index contributed by atoms with van der Waals surface area (Å²) in [6.07, 6.45) is 3.38. The Morgan fingerprint density at radius 3 is 2.90 bits per heavy atom. The minimum atomic E-state index is -0.296. The number of aromatic amines is 2. The van der Waals surface area contributed by atoms with Gasteiger partial charge >= 0.3 is 0 Å². The van der Waals surface area contributed by atoms with Gasteiger partial charge in [-0.2, -0.15) is 5.10 Å². The number of benzene rings is 1. The highest BCUT2D eigenvalue weighted by Crippen LogP contribution is 2.16. The highest BCUT2D eigenvalue weighted by Gasteiger charge is 2.15. The molecule has 2 aromatic heterocycles. The van der Waals surface area contributed by atoms with Gasteiger partial charge in [-0.3, -0.25) is 14.7 Å². The molecule has 1 unspecified atom stereocenters. The highest BCUT2D eigenvalue weighted by atomic mass is 16.2. The number of rotatable bonds is 3. The van der Waals surface area contributed by atoms with Crippen molar-refractivity contribution in [1.29, 1.82) is 0 Å². The van der Waals surface area contributed by atoms with E-state index in [-0.39, 0.29) is 17.5 Å². The summed E-state index contributed by atoms with van der Waals surface area (Å²) in [7, 11) is 0. The summed E-state index contributed by atoms with van der Waals surface area (Å²) < 4.78 is 0. The van der Waals surface area contributed by atoms with Crippen LogP contribution in [0.4, 0.5) is 0 Å². The number of carbonyl (C=O) groups excluding carboxylic acids is 1. The summed E-state index contributed by atoms with van der Waals surface area (Å²) in [6.45, 7) is 1.86. The fourth-order valence-corrected chi connectivity index (χ4v) is 2.25. The first-order valence-corrected chi connectivity index (χ1v) is 6.57. The van der Waals surface area contributed by atoms with Gasteiger partial charge in [0.05, 0.1) is 17.8 Å². The maximum atomic E-state index is 12.4. The number of fused-ring (bicyclic) bond motifs is 1. The van der Waals surface area contributed by atoms with Gasteiger partial charge in [0.25, 0.3) is 5.91 Å². The van der Waals surface area contributed by atoms with E-state index < -0.39 is 0 Å². The van der Waals surface area contributed by atoms with Crippen molar-refractivity contribution >= 4 is 16.8 Å². The predicted octanol–water partition coefficient (Wildman–Crippen LogP) is 1.74. The van der Waals surface area contributed by atoms with Crippen LogP contribution in [0.1, 0.15) is 28.9 Å². The Morgan fingerprint density at radius 1 is 1.33 bits per heavy atom. The Morgan fingerprint density at radius 2 is 2.14 bits per heavy atom. The summed E-state index contributed by atoms with van der Waals surface area (Å²) in [6, 6.07) is 8.34. The van der Waals surface area contributed by atoms with Gasteiger partial charge < -0.3 is 10.3 Å². The Hall–Kier alpha value is -2.89. The lowest BCUT2D eigenvalue weighted by atomic mass is 10.1. The van der Waals surface area contributed by atoms with Gasteiger partial charge in [-0.15, -0.1) is 0 Å². The van der Waals surface area contributed by atoms with E-state index >= 15 is 0 Å². The zero-order chi connectivity index (χ0) is 14.8. The second-order valence-electron chi connectivity index (χ2n) is 4.82.